The number of hydrogen-bond acceptors (Lipinski definition) is 3. The Balaban J connectivity index is 0.00000225. The van der Waals surface area contributed by atoms with E-state index in [2.05, 4.69) is 24.4 Å². The van der Waals surface area contributed by atoms with E-state index in [0.29, 0.717) is 13.0 Å². The van der Waals surface area contributed by atoms with E-state index >= 15 is 0 Å². The molecular formula is C19H28ClN3O2. The monoisotopic (exact) mass is 365 g/mol. The van der Waals surface area contributed by atoms with Gasteiger partial charge in [-0.2, -0.15) is 0 Å². The Morgan fingerprint density at radius 2 is 2.00 bits per heavy atom. The van der Waals surface area contributed by atoms with Gasteiger partial charge in [-0.25, -0.2) is 0 Å². The summed E-state index contributed by atoms with van der Waals surface area (Å²) in [6, 6.07) is 8.37. The van der Waals surface area contributed by atoms with E-state index in [1.807, 2.05) is 24.1 Å². The van der Waals surface area contributed by atoms with Crippen LogP contribution in [0, 0.1) is 5.92 Å². The molecule has 0 radical (unpaired) electrons. The summed E-state index contributed by atoms with van der Waals surface area (Å²) in [6.07, 6.45) is 3.42. The van der Waals surface area contributed by atoms with Crippen molar-refractivity contribution in [1.82, 2.24) is 10.2 Å². The zero-order chi connectivity index (χ0) is 17.1. The van der Waals surface area contributed by atoms with Crippen LogP contribution in [0.5, 0.6) is 0 Å². The molecule has 0 aromatic heterocycles. The van der Waals surface area contributed by atoms with Crippen molar-refractivity contribution in [1.29, 1.82) is 0 Å². The number of likely N-dealkylation sites (N-methyl/N-ethyl adjacent to an activating group) is 1. The van der Waals surface area contributed by atoms with Gasteiger partial charge in [0.15, 0.2) is 0 Å². The van der Waals surface area contributed by atoms with Gasteiger partial charge in [0.2, 0.25) is 11.8 Å². The van der Waals surface area contributed by atoms with Gasteiger partial charge in [-0.05, 0) is 44.0 Å². The van der Waals surface area contributed by atoms with Gasteiger partial charge in [0.05, 0.1) is 5.92 Å². The normalized spacial score (nSPS) is 23.0. The SMILES string of the molecule is CCc1ccc(N2CC(C(=O)N3CCCC3CNC)CC2=O)cc1.Cl. The lowest BCUT2D eigenvalue weighted by Crippen LogP contribution is -2.44. The molecule has 0 saturated carbocycles. The summed E-state index contributed by atoms with van der Waals surface area (Å²) < 4.78 is 0. The predicted octanol–water partition coefficient (Wildman–Crippen LogP) is 2.23. The molecule has 2 aliphatic heterocycles. The van der Waals surface area contributed by atoms with Crippen LogP contribution in [0.25, 0.3) is 0 Å². The molecule has 2 atom stereocenters. The van der Waals surface area contributed by atoms with Crippen LogP contribution in [0.3, 0.4) is 0 Å². The molecule has 1 aromatic rings. The van der Waals surface area contributed by atoms with Gasteiger partial charge in [0.1, 0.15) is 0 Å². The number of nitrogens with one attached hydrogen (secondary N) is 1. The summed E-state index contributed by atoms with van der Waals surface area (Å²) in [4.78, 5) is 29.0. The third-order valence-corrected chi connectivity index (χ3v) is 5.23. The Hall–Kier alpha value is -1.59. The zero-order valence-corrected chi connectivity index (χ0v) is 15.8. The first-order chi connectivity index (χ1) is 11.6. The molecule has 2 saturated heterocycles. The lowest BCUT2D eigenvalue weighted by molar-refractivity contribution is -0.136. The molecule has 0 spiro atoms. The highest BCUT2D eigenvalue weighted by molar-refractivity contribution is 6.00. The third kappa shape index (κ3) is 4.15. The van der Waals surface area contributed by atoms with Crippen molar-refractivity contribution >= 4 is 29.9 Å². The number of aryl methyl sites for hydroxylation is 1. The van der Waals surface area contributed by atoms with Gasteiger partial charge in [0.25, 0.3) is 0 Å². The Kier molecular flexibility index (Phi) is 6.85. The second-order valence-corrected chi connectivity index (χ2v) is 6.81. The van der Waals surface area contributed by atoms with E-state index in [1.165, 1.54) is 5.56 Å². The van der Waals surface area contributed by atoms with Crippen molar-refractivity contribution in [3.05, 3.63) is 29.8 Å². The zero-order valence-electron chi connectivity index (χ0n) is 15.0. The molecule has 1 aromatic carbocycles. The first kappa shape index (κ1) is 19.7. The molecule has 0 bridgehead atoms. The molecule has 2 amide bonds. The maximum absolute atomic E-state index is 12.9. The Labute approximate surface area is 156 Å². The summed E-state index contributed by atoms with van der Waals surface area (Å²) >= 11 is 0. The second-order valence-electron chi connectivity index (χ2n) is 6.81. The standard InChI is InChI=1S/C19H27N3O2.ClH/c1-3-14-6-8-16(9-7-14)22-13-15(11-18(22)23)19(24)21-10-4-5-17(21)12-20-2;/h6-9,15,17,20H,3-5,10-13H2,1-2H3;1H. The maximum Gasteiger partial charge on any atom is 0.228 e. The highest BCUT2D eigenvalue weighted by atomic mass is 35.5. The summed E-state index contributed by atoms with van der Waals surface area (Å²) in [6.45, 7) is 4.27. The summed E-state index contributed by atoms with van der Waals surface area (Å²) in [5, 5.41) is 3.17. The third-order valence-electron chi connectivity index (χ3n) is 5.23. The average Bonchev–Trinajstić information content (AvgIpc) is 3.21. The smallest absolute Gasteiger partial charge is 0.228 e. The number of benzene rings is 1. The molecule has 2 heterocycles. The lowest BCUT2D eigenvalue weighted by Gasteiger charge is -2.27. The van der Waals surface area contributed by atoms with Gasteiger partial charge >= 0.3 is 0 Å². The van der Waals surface area contributed by atoms with Crippen LogP contribution in [0.15, 0.2) is 24.3 Å². The Morgan fingerprint density at radius 1 is 1.28 bits per heavy atom. The number of hydrogen-bond donors (Lipinski definition) is 1. The maximum atomic E-state index is 12.9. The van der Waals surface area contributed by atoms with E-state index in [4.69, 9.17) is 0 Å². The van der Waals surface area contributed by atoms with Gasteiger partial charge < -0.3 is 15.1 Å². The van der Waals surface area contributed by atoms with Gasteiger partial charge in [0, 0.05) is 37.8 Å². The number of carbonyl (C=O) groups excluding carboxylic acids is 2. The first-order valence-electron chi connectivity index (χ1n) is 8.98. The topological polar surface area (TPSA) is 52.7 Å². The molecular weight excluding hydrogens is 338 g/mol. The molecule has 2 unspecified atom stereocenters. The van der Waals surface area contributed by atoms with Crippen molar-refractivity contribution in [3.63, 3.8) is 0 Å². The van der Waals surface area contributed by atoms with Crippen molar-refractivity contribution in [2.24, 2.45) is 5.92 Å². The summed E-state index contributed by atoms with van der Waals surface area (Å²) in [7, 11) is 1.92. The Morgan fingerprint density at radius 3 is 2.64 bits per heavy atom. The minimum atomic E-state index is -0.208. The van der Waals surface area contributed by atoms with E-state index < -0.39 is 0 Å². The number of nitrogens with zero attached hydrogens (tertiary/aromatic N) is 2. The minimum absolute atomic E-state index is 0. The molecule has 5 nitrogen and oxygen atoms in total. The van der Waals surface area contributed by atoms with Crippen molar-refractivity contribution in [3.8, 4) is 0 Å². The molecule has 138 valence electrons. The quantitative estimate of drug-likeness (QED) is 0.870. The number of likely N-dealkylation sites (tertiary alicyclic amines) is 1. The van der Waals surface area contributed by atoms with Crippen LogP contribution >= 0.6 is 12.4 Å². The molecule has 2 fully saturated rings. The predicted molar refractivity (Wildman–Crippen MR) is 102 cm³/mol. The Bertz CT molecular complexity index is 605. The highest BCUT2D eigenvalue weighted by Gasteiger charge is 2.39. The molecule has 3 rings (SSSR count). The number of rotatable bonds is 5. The van der Waals surface area contributed by atoms with E-state index in [-0.39, 0.29) is 36.2 Å². The molecule has 2 aliphatic rings. The lowest BCUT2D eigenvalue weighted by atomic mass is 10.1. The highest BCUT2D eigenvalue weighted by Crippen LogP contribution is 2.29. The minimum Gasteiger partial charge on any atom is -0.338 e. The van der Waals surface area contributed by atoms with Gasteiger partial charge in [-0.3, -0.25) is 9.59 Å². The summed E-state index contributed by atoms with van der Waals surface area (Å²) in [5.41, 5.74) is 2.16. The van der Waals surface area contributed by atoms with Crippen LogP contribution in [0.2, 0.25) is 0 Å². The van der Waals surface area contributed by atoms with Crippen LogP contribution in [-0.2, 0) is 16.0 Å². The molecule has 0 aliphatic carbocycles. The molecule has 1 N–H and O–H groups in total. The van der Waals surface area contributed by atoms with E-state index in [1.54, 1.807) is 4.90 Å². The van der Waals surface area contributed by atoms with Gasteiger partial charge in [-0.15, -0.1) is 12.4 Å². The summed E-state index contributed by atoms with van der Waals surface area (Å²) in [5.74, 6) is -0.00320. The fourth-order valence-electron chi connectivity index (χ4n) is 3.84. The van der Waals surface area contributed by atoms with Crippen LogP contribution < -0.4 is 10.2 Å². The second kappa shape index (κ2) is 8.68. The number of anilines is 1. The van der Waals surface area contributed by atoms with Crippen molar-refractivity contribution < 1.29 is 9.59 Å². The van der Waals surface area contributed by atoms with E-state index in [0.717, 1.165) is 38.0 Å². The van der Waals surface area contributed by atoms with Crippen LogP contribution in [-0.4, -0.2) is 49.4 Å². The average molecular weight is 366 g/mol. The fraction of sp³-hybridized carbons (Fsp3) is 0.579. The number of carbonyl (C=O) groups is 2. The molecule has 25 heavy (non-hydrogen) atoms. The number of amides is 2. The first-order valence-corrected chi connectivity index (χ1v) is 8.98. The fourth-order valence-corrected chi connectivity index (χ4v) is 3.84. The van der Waals surface area contributed by atoms with E-state index in [9.17, 15) is 9.59 Å². The van der Waals surface area contributed by atoms with Crippen molar-refractivity contribution in [2.45, 2.75) is 38.6 Å². The van der Waals surface area contributed by atoms with Gasteiger partial charge in [-0.1, -0.05) is 19.1 Å². The molecule has 6 heteroatoms. The van der Waals surface area contributed by atoms with Crippen LogP contribution in [0.4, 0.5) is 5.69 Å². The van der Waals surface area contributed by atoms with Crippen molar-refractivity contribution in [2.75, 3.05) is 31.6 Å². The van der Waals surface area contributed by atoms with Crippen LogP contribution in [0.1, 0.15) is 31.7 Å². The largest absolute Gasteiger partial charge is 0.338 e. The number of halogens is 1.